The zero-order valence-electron chi connectivity index (χ0n) is 14.8. The lowest BCUT2D eigenvalue weighted by atomic mass is 9.99. The third kappa shape index (κ3) is 5.55. The van der Waals surface area contributed by atoms with Crippen LogP contribution in [0.2, 0.25) is 5.02 Å². The Morgan fingerprint density at radius 2 is 1.80 bits per heavy atom. The SMILES string of the molecule is CC(Cc1ccccc1F)C(=O)NCC(c1ccc(Cl)cc1)N(C)C. The summed E-state index contributed by atoms with van der Waals surface area (Å²) in [5.41, 5.74) is 1.64. The van der Waals surface area contributed by atoms with E-state index in [0.29, 0.717) is 23.6 Å². The molecule has 25 heavy (non-hydrogen) atoms. The summed E-state index contributed by atoms with van der Waals surface area (Å²) in [6, 6.07) is 14.2. The van der Waals surface area contributed by atoms with Crippen molar-refractivity contribution in [3.63, 3.8) is 0 Å². The standard InChI is InChI=1S/C20H24ClFN2O/c1-14(12-16-6-4-5-7-18(16)22)20(25)23-13-19(24(2)3)15-8-10-17(21)11-9-15/h4-11,14,19H,12-13H2,1-3H3,(H,23,25). The quantitative estimate of drug-likeness (QED) is 0.805. The van der Waals surface area contributed by atoms with Crippen molar-refractivity contribution in [2.75, 3.05) is 20.6 Å². The molecule has 0 aromatic heterocycles. The summed E-state index contributed by atoms with van der Waals surface area (Å²) >= 11 is 5.94. The topological polar surface area (TPSA) is 32.3 Å². The minimum atomic E-state index is -0.301. The van der Waals surface area contributed by atoms with E-state index in [4.69, 9.17) is 11.6 Å². The molecule has 0 radical (unpaired) electrons. The molecule has 0 saturated heterocycles. The average Bonchev–Trinajstić information content (AvgIpc) is 2.58. The second-order valence-electron chi connectivity index (χ2n) is 6.47. The van der Waals surface area contributed by atoms with Gasteiger partial charge in [0.1, 0.15) is 5.82 Å². The molecule has 2 aromatic carbocycles. The van der Waals surface area contributed by atoms with E-state index in [9.17, 15) is 9.18 Å². The summed E-state index contributed by atoms with van der Waals surface area (Å²) in [6.45, 7) is 2.30. The molecule has 0 spiro atoms. The molecule has 2 rings (SSSR count). The Labute approximate surface area is 153 Å². The van der Waals surface area contributed by atoms with Crippen LogP contribution in [0.4, 0.5) is 4.39 Å². The molecule has 1 amide bonds. The van der Waals surface area contributed by atoms with Gasteiger partial charge in [-0.3, -0.25) is 4.79 Å². The van der Waals surface area contributed by atoms with Gasteiger partial charge in [0.2, 0.25) is 5.91 Å². The maximum Gasteiger partial charge on any atom is 0.223 e. The van der Waals surface area contributed by atoms with Crippen LogP contribution in [-0.2, 0) is 11.2 Å². The van der Waals surface area contributed by atoms with Gasteiger partial charge in [0.25, 0.3) is 0 Å². The highest BCUT2D eigenvalue weighted by Crippen LogP contribution is 2.20. The predicted molar refractivity (Wildman–Crippen MR) is 100 cm³/mol. The molecular formula is C20H24ClFN2O. The Hall–Kier alpha value is -1.91. The normalized spacial score (nSPS) is 13.5. The van der Waals surface area contributed by atoms with Crippen LogP contribution in [0.15, 0.2) is 48.5 Å². The van der Waals surface area contributed by atoms with Gasteiger partial charge in [0.05, 0.1) is 6.04 Å². The van der Waals surface area contributed by atoms with Crippen molar-refractivity contribution in [2.24, 2.45) is 5.92 Å². The Morgan fingerprint density at radius 1 is 1.16 bits per heavy atom. The van der Waals surface area contributed by atoms with Gasteiger partial charge < -0.3 is 10.2 Å². The first-order valence-corrected chi connectivity index (χ1v) is 8.69. The molecule has 5 heteroatoms. The number of amides is 1. The molecule has 3 nitrogen and oxygen atoms in total. The molecule has 0 bridgehead atoms. The van der Waals surface area contributed by atoms with Crippen LogP contribution < -0.4 is 5.32 Å². The first-order valence-electron chi connectivity index (χ1n) is 8.31. The van der Waals surface area contributed by atoms with Crippen LogP contribution >= 0.6 is 11.6 Å². The Balaban J connectivity index is 1.96. The van der Waals surface area contributed by atoms with E-state index in [1.165, 1.54) is 6.07 Å². The summed E-state index contributed by atoms with van der Waals surface area (Å²) in [5.74, 6) is -0.650. The average molecular weight is 363 g/mol. The highest BCUT2D eigenvalue weighted by atomic mass is 35.5. The highest BCUT2D eigenvalue weighted by Gasteiger charge is 2.19. The van der Waals surface area contributed by atoms with Crippen molar-refractivity contribution in [3.8, 4) is 0 Å². The minimum absolute atomic E-state index is 0.0434. The monoisotopic (exact) mass is 362 g/mol. The molecule has 0 aliphatic carbocycles. The second kappa shape index (κ2) is 8.97. The number of carbonyl (C=O) groups excluding carboxylic acids is 1. The van der Waals surface area contributed by atoms with E-state index in [0.717, 1.165) is 5.56 Å². The number of halogens is 2. The fourth-order valence-corrected chi connectivity index (χ4v) is 2.87. The first-order chi connectivity index (χ1) is 11.9. The summed E-state index contributed by atoms with van der Waals surface area (Å²) in [4.78, 5) is 14.4. The maximum atomic E-state index is 13.7. The zero-order chi connectivity index (χ0) is 18.4. The Morgan fingerprint density at radius 3 is 2.40 bits per heavy atom. The van der Waals surface area contributed by atoms with E-state index >= 15 is 0 Å². The van der Waals surface area contributed by atoms with Crippen molar-refractivity contribution in [1.82, 2.24) is 10.2 Å². The van der Waals surface area contributed by atoms with Gasteiger partial charge in [-0.1, -0.05) is 48.9 Å². The van der Waals surface area contributed by atoms with E-state index in [1.54, 1.807) is 18.2 Å². The largest absolute Gasteiger partial charge is 0.354 e. The summed E-state index contributed by atoms with van der Waals surface area (Å²) in [5, 5.41) is 3.66. The fraction of sp³-hybridized carbons (Fsp3) is 0.350. The van der Waals surface area contributed by atoms with Gasteiger partial charge in [-0.25, -0.2) is 4.39 Å². The maximum absolute atomic E-state index is 13.7. The summed E-state index contributed by atoms with van der Waals surface area (Å²) in [7, 11) is 3.93. The molecule has 2 atom stereocenters. The summed E-state index contributed by atoms with van der Waals surface area (Å²) < 4.78 is 13.7. The van der Waals surface area contributed by atoms with Gasteiger partial charge in [-0.05, 0) is 49.8 Å². The van der Waals surface area contributed by atoms with Crippen molar-refractivity contribution >= 4 is 17.5 Å². The van der Waals surface area contributed by atoms with Crippen LogP contribution in [0.3, 0.4) is 0 Å². The third-order valence-corrected chi connectivity index (χ3v) is 4.53. The number of likely N-dealkylation sites (N-methyl/N-ethyl adjacent to an activating group) is 1. The van der Waals surface area contributed by atoms with Crippen molar-refractivity contribution < 1.29 is 9.18 Å². The first kappa shape index (κ1) is 19.4. The van der Waals surface area contributed by atoms with Crippen molar-refractivity contribution in [3.05, 3.63) is 70.5 Å². The molecule has 0 fully saturated rings. The number of benzene rings is 2. The molecule has 0 saturated carbocycles. The highest BCUT2D eigenvalue weighted by molar-refractivity contribution is 6.30. The van der Waals surface area contributed by atoms with E-state index in [2.05, 4.69) is 5.32 Å². The molecule has 0 heterocycles. The number of nitrogens with one attached hydrogen (secondary N) is 1. The van der Waals surface area contributed by atoms with Crippen molar-refractivity contribution in [2.45, 2.75) is 19.4 Å². The fourth-order valence-electron chi connectivity index (χ4n) is 2.74. The van der Waals surface area contributed by atoms with Gasteiger partial charge in [0.15, 0.2) is 0 Å². The third-order valence-electron chi connectivity index (χ3n) is 4.28. The van der Waals surface area contributed by atoms with Crippen LogP contribution in [0.1, 0.15) is 24.1 Å². The van der Waals surface area contributed by atoms with Crippen LogP contribution in [0.25, 0.3) is 0 Å². The molecule has 1 N–H and O–H groups in total. The number of hydrogen-bond acceptors (Lipinski definition) is 2. The zero-order valence-corrected chi connectivity index (χ0v) is 15.6. The van der Waals surface area contributed by atoms with Crippen molar-refractivity contribution in [1.29, 1.82) is 0 Å². The lowest BCUT2D eigenvalue weighted by Gasteiger charge is -2.26. The molecule has 2 aromatic rings. The number of nitrogens with zero attached hydrogens (tertiary/aromatic N) is 1. The lowest BCUT2D eigenvalue weighted by molar-refractivity contribution is -0.124. The minimum Gasteiger partial charge on any atom is -0.354 e. The van der Waals surface area contributed by atoms with Gasteiger partial charge in [-0.15, -0.1) is 0 Å². The van der Waals surface area contributed by atoms with Crippen LogP contribution in [0, 0.1) is 11.7 Å². The summed E-state index contributed by atoms with van der Waals surface area (Å²) in [6.07, 6.45) is 0.381. The number of carbonyl (C=O) groups is 1. The predicted octanol–water partition coefficient (Wildman–Crippen LogP) is 4.08. The van der Waals surface area contributed by atoms with Crippen LogP contribution in [0.5, 0.6) is 0 Å². The van der Waals surface area contributed by atoms with Crippen LogP contribution in [-0.4, -0.2) is 31.4 Å². The molecular weight excluding hydrogens is 339 g/mol. The van der Waals surface area contributed by atoms with E-state index in [1.807, 2.05) is 50.2 Å². The molecule has 134 valence electrons. The number of hydrogen-bond donors (Lipinski definition) is 1. The van der Waals surface area contributed by atoms with Gasteiger partial charge in [0, 0.05) is 17.5 Å². The van der Waals surface area contributed by atoms with Gasteiger partial charge >= 0.3 is 0 Å². The molecule has 0 aliphatic heterocycles. The number of rotatable bonds is 7. The Kier molecular flexibility index (Phi) is 6.97. The van der Waals surface area contributed by atoms with E-state index in [-0.39, 0.29) is 23.7 Å². The van der Waals surface area contributed by atoms with Gasteiger partial charge in [-0.2, -0.15) is 0 Å². The Bertz CT molecular complexity index is 703. The smallest absolute Gasteiger partial charge is 0.223 e. The van der Waals surface area contributed by atoms with E-state index < -0.39 is 0 Å². The second-order valence-corrected chi connectivity index (χ2v) is 6.91. The molecule has 0 aliphatic rings. The molecule has 2 unspecified atom stereocenters. The lowest BCUT2D eigenvalue weighted by Crippen LogP contribution is -2.37.